The van der Waals surface area contributed by atoms with Crippen molar-refractivity contribution in [3.63, 3.8) is 0 Å². The number of rotatable bonds is 4. The van der Waals surface area contributed by atoms with Crippen molar-refractivity contribution in [2.45, 2.75) is 6.54 Å². The first-order valence-electron chi connectivity index (χ1n) is 5.35. The minimum Gasteiger partial charge on any atom is -0.367 e. The standard InChI is InChI=1S/C10H9F2N7O/c11-7-3-1-2-6(9(7)12)4-14-15-8(20)5-19-10(13)16-17-18-19/h1-4H,5H2,(H,15,20)(H2,13,16,18)/b14-4+. The highest BCUT2D eigenvalue weighted by Gasteiger charge is 2.07. The molecule has 0 spiro atoms. The van der Waals surface area contributed by atoms with Gasteiger partial charge in [0, 0.05) is 5.56 Å². The molecule has 1 aromatic heterocycles. The molecule has 20 heavy (non-hydrogen) atoms. The molecule has 8 nitrogen and oxygen atoms in total. The van der Waals surface area contributed by atoms with Crippen LogP contribution in [0, 0.1) is 11.6 Å². The minimum atomic E-state index is -1.05. The van der Waals surface area contributed by atoms with E-state index in [1.165, 1.54) is 12.1 Å². The van der Waals surface area contributed by atoms with Crippen LogP contribution in [0.15, 0.2) is 23.3 Å². The number of amides is 1. The second-order valence-corrected chi connectivity index (χ2v) is 3.63. The zero-order valence-electron chi connectivity index (χ0n) is 9.99. The van der Waals surface area contributed by atoms with Gasteiger partial charge in [0.05, 0.1) is 6.21 Å². The zero-order chi connectivity index (χ0) is 14.5. The number of nitrogen functional groups attached to an aromatic ring is 1. The van der Waals surface area contributed by atoms with Gasteiger partial charge in [-0.25, -0.2) is 18.9 Å². The first kappa shape index (κ1) is 13.5. The summed E-state index contributed by atoms with van der Waals surface area (Å²) >= 11 is 0. The van der Waals surface area contributed by atoms with Gasteiger partial charge in [0.1, 0.15) is 6.54 Å². The monoisotopic (exact) mass is 281 g/mol. The van der Waals surface area contributed by atoms with Crippen molar-refractivity contribution in [2.24, 2.45) is 5.10 Å². The van der Waals surface area contributed by atoms with Crippen LogP contribution >= 0.6 is 0 Å². The summed E-state index contributed by atoms with van der Waals surface area (Å²) in [5, 5.41) is 13.6. The number of carbonyl (C=O) groups excluding carboxylic acids is 1. The number of hydrogen-bond acceptors (Lipinski definition) is 6. The lowest BCUT2D eigenvalue weighted by Crippen LogP contribution is -2.24. The summed E-state index contributed by atoms with van der Waals surface area (Å²) in [6, 6.07) is 3.61. The Morgan fingerprint density at radius 2 is 2.30 bits per heavy atom. The number of aromatic nitrogens is 4. The Bertz CT molecular complexity index is 655. The molecule has 0 saturated heterocycles. The average Bonchev–Trinajstić information content (AvgIpc) is 2.80. The smallest absolute Gasteiger partial charge is 0.261 e. The van der Waals surface area contributed by atoms with E-state index in [1.807, 2.05) is 0 Å². The number of hydrazone groups is 1. The van der Waals surface area contributed by atoms with Gasteiger partial charge in [-0.15, -0.1) is 0 Å². The molecule has 104 valence electrons. The summed E-state index contributed by atoms with van der Waals surface area (Å²) < 4.78 is 27.2. The van der Waals surface area contributed by atoms with Crippen LogP contribution < -0.4 is 11.2 Å². The first-order valence-corrected chi connectivity index (χ1v) is 5.35. The zero-order valence-corrected chi connectivity index (χ0v) is 9.99. The largest absolute Gasteiger partial charge is 0.367 e. The van der Waals surface area contributed by atoms with E-state index in [0.717, 1.165) is 17.0 Å². The lowest BCUT2D eigenvalue weighted by molar-refractivity contribution is -0.121. The number of nitrogens with one attached hydrogen (secondary N) is 1. The van der Waals surface area contributed by atoms with Crippen molar-refractivity contribution in [1.82, 2.24) is 25.6 Å². The van der Waals surface area contributed by atoms with Crippen LogP contribution in [-0.2, 0) is 11.3 Å². The molecule has 0 aliphatic heterocycles. The van der Waals surface area contributed by atoms with Crippen molar-refractivity contribution < 1.29 is 13.6 Å². The number of benzene rings is 1. The Morgan fingerprint density at radius 1 is 1.50 bits per heavy atom. The topological polar surface area (TPSA) is 111 Å². The highest BCUT2D eigenvalue weighted by molar-refractivity contribution is 5.82. The molecule has 1 amide bonds. The van der Waals surface area contributed by atoms with Gasteiger partial charge >= 0.3 is 0 Å². The van der Waals surface area contributed by atoms with Crippen LogP contribution in [0.3, 0.4) is 0 Å². The highest BCUT2D eigenvalue weighted by atomic mass is 19.2. The maximum Gasteiger partial charge on any atom is 0.261 e. The summed E-state index contributed by atoms with van der Waals surface area (Å²) in [6.45, 7) is -0.248. The molecule has 0 atom stereocenters. The summed E-state index contributed by atoms with van der Waals surface area (Å²) in [5.74, 6) is -2.64. The molecule has 0 bridgehead atoms. The van der Waals surface area contributed by atoms with E-state index in [1.54, 1.807) is 0 Å². The number of carbonyl (C=O) groups is 1. The molecule has 0 unspecified atom stereocenters. The summed E-state index contributed by atoms with van der Waals surface area (Å²) in [6.07, 6.45) is 0.985. The predicted molar refractivity (Wildman–Crippen MR) is 64.3 cm³/mol. The van der Waals surface area contributed by atoms with Crippen LogP contribution in [0.4, 0.5) is 14.7 Å². The molecule has 3 N–H and O–H groups in total. The number of anilines is 1. The van der Waals surface area contributed by atoms with Crippen molar-refractivity contribution >= 4 is 18.1 Å². The highest BCUT2D eigenvalue weighted by Crippen LogP contribution is 2.08. The summed E-state index contributed by atoms with van der Waals surface area (Å²) in [4.78, 5) is 11.4. The fraction of sp³-hybridized carbons (Fsp3) is 0.100. The van der Waals surface area contributed by atoms with Gasteiger partial charge < -0.3 is 5.73 Å². The van der Waals surface area contributed by atoms with Crippen molar-refractivity contribution in [2.75, 3.05) is 5.73 Å². The van der Waals surface area contributed by atoms with Crippen LogP contribution in [-0.4, -0.2) is 32.3 Å². The van der Waals surface area contributed by atoms with Gasteiger partial charge in [-0.3, -0.25) is 4.79 Å². The number of halogens is 2. The number of hydrogen-bond donors (Lipinski definition) is 2. The van der Waals surface area contributed by atoms with Crippen LogP contribution in [0.5, 0.6) is 0 Å². The quantitative estimate of drug-likeness (QED) is 0.589. The Morgan fingerprint density at radius 3 is 3.00 bits per heavy atom. The van der Waals surface area contributed by atoms with E-state index >= 15 is 0 Å². The lowest BCUT2D eigenvalue weighted by Gasteiger charge is -2.00. The van der Waals surface area contributed by atoms with Gasteiger partial charge in [0.15, 0.2) is 11.6 Å². The Labute approximate surface area is 111 Å². The SMILES string of the molecule is Nc1nnnn1CC(=O)N/N=C/c1cccc(F)c1F. The predicted octanol–water partition coefficient (Wildman–Crippen LogP) is -0.316. The Kier molecular flexibility index (Phi) is 3.93. The number of tetrazole rings is 1. The normalized spacial score (nSPS) is 10.9. The third-order valence-corrected chi connectivity index (χ3v) is 2.23. The second kappa shape index (κ2) is 5.82. The molecular weight excluding hydrogens is 272 g/mol. The van der Waals surface area contributed by atoms with E-state index in [9.17, 15) is 13.6 Å². The molecule has 1 aromatic carbocycles. The third kappa shape index (κ3) is 3.10. The number of nitrogens with zero attached hydrogens (tertiary/aromatic N) is 5. The third-order valence-electron chi connectivity index (χ3n) is 2.23. The minimum absolute atomic E-state index is 0.0275. The summed E-state index contributed by atoms with van der Waals surface area (Å²) in [7, 11) is 0. The second-order valence-electron chi connectivity index (χ2n) is 3.63. The van der Waals surface area contributed by atoms with Crippen LogP contribution in [0.2, 0.25) is 0 Å². The molecule has 0 saturated carbocycles. The van der Waals surface area contributed by atoms with Gasteiger partial charge in [0.25, 0.3) is 5.91 Å². The molecule has 0 fully saturated rings. The average molecular weight is 281 g/mol. The molecule has 0 aliphatic carbocycles. The fourth-order valence-corrected chi connectivity index (χ4v) is 1.29. The van der Waals surface area contributed by atoms with E-state index in [0.29, 0.717) is 0 Å². The van der Waals surface area contributed by atoms with Gasteiger partial charge in [-0.05, 0) is 16.5 Å². The number of nitrogens with two attached hydrogens (primary N) is 1. The Balaban J connectivity index is 1.95. The fourth-order valence-electron chi connectivity index (χ4n) is 1.29. The molecule has 10 heteroatoms. The van der Waals surface area contributed by atoms with Crippen molar-refractivity contribution in [3.8, 4) is 0 Å². The maximum absolute atomic E-state index is 13.3. The van der Waals surface area contributed by atoms with Crippen LogP contribution in [0.25, 0.3) is 0 Å². The molecule has 1 heterocycles. The first-order chi connectivity index (χ1) is 9.58. The van der Waals surface area contributed by atoms with E-state index in [2.05, 4.69) is 26.1 Å². The molecule has 0 radical (unpaired) electrons. The molecule has 2 aromatic rings. The van der Waals surface area contributed by atoms with Crippen molar-refractivity contribution in [1.29, 1.82) is 0 Å². The summed E-state index contributed by atoms with van der Waals surface area (Å²) in [5.41, 5.74) is 7.38. The Hall–Kier alpha value is -2.91. The molecule has 2 rings (SSSR count). The van der Waals surface area contributed by atoms with Gasteiger partial charge in [-0.1, -0.05) is 17.2 Å². The molecule has 0 aliphatic rings. The van der Waals surface area contributed by atoms with Crippen molar-refractivity contribution in [3.05, 3.63) is 35.4 Å². The van der Waals surface area contributed by atoms with E-state index in [4.69, 9.17) is 5.73 Å². The maximum atomic E-state index is 13.3. The van der Waals surface area contributed by atoms with E-state index in [-0.39, 0.29) is 18.1 Å². The van der Waals surface area contributed by atoms with Gasteiger partial charge in [0.2, 0.25) is 5.95 Å². The van der Waals surface area contributed by atoms with E-state index < -0.39 is 17.5 Å². The lowest BCUT2D eigenvalue weighted by atomic mass is 10.2. The van der Waals surface area contributed by atoms with Gasteiger partial charge in [-0.2, -0.15) is 5.10 Å². The molecular formula is C10H9F2N7O. The van der Waals surface area contributed by atoms with Crippen LogP contribution in [0.1, 0.15) is 5.56 Å².